The van der Waals surface area contributed by atoms with Crippen LogP contribution in [0.25, 0.3) is 0 Å². The Morgan fingerprint density at radius 3 is 2.33 bits per heavy atom. The van der Waals surface area contributed by atoms with E-state index in [4.69, 9.17) is 27.9 Å². The minimum absolute atomic E-state index is 0.286. The summed E-state index contributed by atoms with van der Waals surface area (Å²) in [4.78, 5) is 23.8. The normalized spacial score (nSPS) is 24.0. The third kappa shape index (κ3) is 3.30. The lowest BCUT2D eigenvalue weighted by Gasteiger charge is -2.17. The first-order valence-corrected chi connectivity index (χ1v) is 7.07. The summed E-state index contributed by atoms with van der Waals surface area (Å²) < 4.78 is 16.7. The molecule has 1 aromatic rings. The predicted molar refractivity (Wildman–Crippen MR) is 77.7 cm³/mol. The van der Waals surface area contributed by atoms with Gasteiger partial charge in [0.05, 0.1) is 0 Å². The number of halogens is 3. The van der Waals surface area contributed by atoms with Crippen molar-refractivity contribution in [3.8, 4) is 0 Å². The second kappa shape index (κ2) is 5.46. The second-order valence-electron chi connectivity index (χ2n) is 5.26. The Hall–Kier alpha value is -1.33. The molecule has 1 aliphatic rings. The Balaban J connectivity index is 1.91. The van der Waals surface area contributed by atoms with Crippen LogP contribution >= 0.6 is 23.2 Å². The lowest BCUT2D eigenvalue weighted by molar-refractivity contribution is -0.158. The average molecular weight is 334 g/mol. The first-order chi connectivity index (χ1) is 9.65. The van der Waals surface area contributed by atoms with Crippen LogP contribution in [0.1, 0.15) is 20.3 Å². The highest BCUT2D eigenvalue weighted by Gasteiger charge is 2.69. The number of carbonyl (C=O) groups excluding carboxylic acids is 2. The molecule has 0 saturated heterocycles. The standard InChI is InChI=1S/C14H14Cl2FNO3/c1-8(21-12(20)13(2)7-14(13,15)16)11(19)18-10-5-3-9(17)4-6-10/h3-6,8H,7H2,1-2H3,(H,18,19)/t8-,13+/m1/s1. The number of ether oxygens (including phenoxy) is 1. The van der Waals surface area contributed by atoms with Crippen LogP contribution in [-0.4, -0.2) is 22.3 Å². The number of alkyl halides is 2. The van der Waals surface area contributed by atoms with E-state index in [0.717, 1.165) is 0 Å². The van der Waals surface area contributed by atoms with Gasteiger partial charge in [-0.05, 0) is 38.1 Å². The van der Waals surface area contributed by atoms with Crippen molar-refractivity contribution >= 4 is 40.8 Å². The van der Waals surface area contributed by atoms with Crippen LogP contribution in [-0.2, 0) is 14.3 Å². The van der Waals surface area contributed by atoms with Gasteiger partial charge in [-0.25, -0.2) is 4.39 Å². The molecular formula is C14H14Cl2FNO3. The van der Waals surface area contributed by atoms with E-state index < -0.39 is 33.5 Å². The molecule has 2 rings (SSSR count). The van der Waals surface area contributed by atoms with Crippen LogP contribution in [0.15, 0.2) is 24.3 Å². The maximum atomic E-state index is 12.8. The highest BCUT2D eigenvalue weighted by molar-refractivity contribution is 6.53. The molecule has 1 aliphatic carbocycles. The van der Waals surface area contributed by atoms with Crippen molar-refractivity contribution in [1.82, 2.24) is 0 Å². The van der Waals surface area contributed by atoms with Gasteiger partial charge in [0.2, 0.25) is 0 Å². The minimum Gasteiger partial charge on any atom is -0.452 e. The predicted octanol–water partition coefficient (Wildman–Crippen LogP) is 3.28. The van der Waals surface area contributed by atoms with Crippen LogP contribution in [0, 0.1) is 11.2 Å². The third-order valence-electron chi connectivity index (χ3n) is 3.47. The number of anilines is 1. The fourth-order valence-corrected chi connectivity index (χ4v) is 2.43. The molecule has 114 valence electrons. The molecule has 1 saturated carbocycles. The van der Waals surface area contributed by atoms with Crippen LogP contribution < -0.4 is 5.32 Å². The van der Waals surface area contributed by atoms with E-state index >= 15 is 0 Å². The average Bonchev–Trinajstić information content (AvgIpc) is 2.92. The zero-order valence-corrected chi connectivity index (χ0v) is 13.0. The highest BCUT2D eigenvalue weighted by Crippen LogP contribution is 2.64. The zero-order chi connectivity index (χ0) is 15.8. The van der Waals surface area contributed by atoms with Gasteiger partial charge in [0.25, 0.3) is 5.91 Å². The van der Waals surface area contributed by atoms with Crippen LogP contribution in [0.3, 0.4) is 0 Å². The molecule has 1 aromatic carbocycles. The number of hydrogen-bond donors (Lipinski definition) is 1. The highest BCUT2D eigenvalue weighted by atomic mass is 35.5. The molecule has 1 fully saturated rings. The van der Waals surface area contributed by atoms with Gasteiger partial charge < -0.3 is 10.1 Å². The van der Waals surface area contributed by atoms with Gasteiger partial charge in [0.15, 0.2) is 6.10 Å². The van der Waals surface area contributed by atoms with E-state index in [9.17, 15) is 14.0 Å². The summed E-state index contributed by atoms with van der Waals surface area (Å²) in [5, 5.41) is 2.52. The molecule has 7 heteroatoms. The first kappa shape index (κ1) is 16.0. The lowest BCUT2D eigenvalue weighted by atomic mass is 10.1. The van der Waals surface area contributed by atoms with Gasteiger partial charge in [-0.1, -0.05) is 0 Å². The molecule has 0 aromatic heterocycles. The maximum Gasteiger partial charge on any atom is 0.315 e. The Morgan fingerprint density at radius 2 is 1.86 bits per heavy atom. The molecule has 21 heavy (non-hydrogen) atoms. The van der Waals surface area contributed by atoms with Crippen molar-refractivity contribution in [2.75, 3.05) is 5.32 Å². The minimum atomic E-state index is -1.14. The monoisotopic (exact) mass is 333 g/mol. The number of esters is 1. The van der Waals surface area contributed by atoms with Crippen LogP contribution in [0.5, 0.6) is 0 Å². The molecule has 0 heterocycles. The molecule has 2 atom stereocenters. The number of hydrogen-bond acceptors (Lipinski definition) is 3. The lowest BCUT2D eigenvalue weighted by Crippen LogP contribution is -2.33. The summed E-state index contributed by atoms with van der Waals surface area (Å²) in [7, 11) is 0. The van der Waals surface area contributed by atoms with Gasteiger partial charge in [0, 0.05) is 12.1 Å². The van der Waals surface area contributed by atoms with E-state index in [1.54, 1.807) is 6.92 Å². The number of nitrogens with one attached hydrogen (secondary N) is 1. The van der Waals surface area contributed by atoms with E-state index in [2.05, 4.69) is 5.32 Å². The van der Waals surface area contributed by atoms with Crippen molar-refractivity contribution in [3.63, 3.8) is 0 Å². The van der Waals surface area contributed by atoms with Crippen molar-refractivity contribution in [3.05, 3.63) is 30.1 Å². The molecule has 1 amide bonds. The van der Waals surface area contributed by atoms with E-state index in [1.165, 1.54) is 31.2 Å². The zero-order valence-electron chi connectivity index (χ0n) is 11.5. The number of amides is 1. The van der Waals surface area contributed by atoms with Gasteiger partial charge in [-0.15, -0.1) is 23.2 Å². The van der Waals surface area contributed by atoms with Gasteiger partial charge in [-0.2, -0.15) is 0 Å². The Bertz CT molecular complexity index is 576. The summed E-state index contributed by atoms with van der Waals surface area (Å²) >= 11 is 11.8. The summed E-state index contributed by atoms with van der Waals surface area (Å²) in [5.41, 5.74) is -0.577. The number of benzene rings is 1. The summed E-state index contributed by atoms with van der Waals surface area (Å²) in [6.45, 7) is 3.02. The van der Waals surface area contributed by atoms with Gasteiger partial charge in [-0.3, -0.25) is 9.59 Å². The molecule has 0 unspecified atom stereocenters. The Labute approximate surface area is 131 Å². The molecule has 0 bridgehead atoms. The van der Waals surface area contributed by atoms with E-state index in [1.807, 2.05) is 0 Å². The quantitative estimate of drug-likeness (QED) is 0.679. The topological polar surface area (TPSA) is 55.4 Å². The molecular weight excluding hydrogens is 320 g/mol. The Kier molecular flexibility index (Phi) is 4.17. The number of rotatable bonds is 4. The molecule has 0 spiro atoms. The van der Waals surface area contributed by atoms with E-state index in [-0.39, 0.29) is 6.42 Å². The maximum absolute atomic E-state index is 12.8. The van der Waals surface area contributed by atoms with Crippen molar-refractivity contribution in [1.29, 1.82) is 0 Å². The first-order valence-electron chi connectivity index (χ1n) is 6.31. The molecule has 0 radical (unpaired) electrons. The summed E-state index contributed by atoms with van der Waals surface area (Å²) in [6.07, 6.45) is -0.724. The fraction of sp³-hybridized carbons (Fsp3) is 0.429. The van der Waals surface area contributed by atoms with Crippen LogP contribution in [0.2, 0.25) is 0 Å². The van der Waals surface area contributed by atoms with E-state index in [0.29, 0.717) is 5.69 Å². The summed E-state index contributed by atoms with van der Waals surface area (Å²) in [5.74, 6) is -1.54. The smallest absolute Gasteiger partial charge is 0.315 e. The fourth-order valence-electron chi connectivity index (χ4n) is 1.74. The van der Waals surface area contributed by atoms with Crippen LogP contribution in [0.4, 0.5) is 10.1 Å². The number of carbonyl (C=O) groups is 2. The molecule has 4 nitrogen and oxygen atoms in total. The Morgan fingerprint density at radius 1 is 1.33 bits per heavy atom. The third-order valence-corrected chi connectivity index (χ3v) is 4.57. The SMILES string of the molecule is C[C@@H](OC(=O)[C@]1(C)CC1(Cl)Cl)C(=O)Nc1ccc(F)cc1. The second-order valence-corrected chi connectivity index (χ2v) is 6.74. The molecule has 1 N–H and O–H groups in total. The van der Waals surface area contributed by atoms with Crippen molar-refractivity contribution < 1.29 is 18.7 Å². The largest absolute Gasteiger partial charge is 0.452 e. The van der Waals surface area contributed by atoms with Gasteiger partial charge >= 0.3 is 5.97 Å². The van der Waals surface area contributed by atoms with Crippen molar-refractivity contribution in [2.45, 2.75) is 30.7 Å². The van der Waals surface area contributed by atoms with Crippen molar-refractivity contribution in [2.24, 2.45) is 5.41 Å². The summed E-state index contributed by atoms with van der Waals surface area (Å²) in [6, 6.07) is 5.25. The molecule has 0 aliphatic heterocycles. The van der Waals surface area contributed by atoms with Gasteiger partial charge in [0.1, 0.15) is 15.6 Å².